The fourth-order valence-corrected chi connectivity index (χ4v) is 5.28. The van der Waals surface area contributed by atoms with Crippen molar-refractivity contribution in [3.63, 3.8) is 0 Å². The molecule has 1 aromatic heterocycles. The lowest BCUT2D eigenvalue weighted by Gasteiger charge is -2.17. The van der Waals surface area contributed by atoms with Crippen LogP contribution in [0, 0.1) is 0 Å². The lowest BCUT2D eigenvalue weighted by molar-refractivity contribution is -0.159. The molecule has 1 saturated heterocycles. The molecule has 1 aliphatic heterocycles. The summed E-state index contributed by atoms with van der Waals surface area (Å²) in [7, 11) is -3.92. The maximum atomic E-state index is 13.0. The summed E-state index contributed by atoms with van der Waals surface area (Å²) in [6.07, 6.45) is -9.26. The normalized spacial score (nSPS) is 17.1. The first-order valence-electron chi connectivity index (χ1n) is 9.98. The molecule has 0 N–H and O–H groups in total. The monoisotopic (exact) mass is 519 g/mol. The molecule has 186 valence electrons. The summed E-state index contributed by atoms with van der Waals surface area (Å²) in [5.74, 6) is -2.49. The Hall–Kier alpha value is -3.42. The second-order valence-corrected chi connectivity index (χ2v) is 9.96. The van der Waals surface area contributed by atoms with Gasteiger partial charge in [0.05, 0.1) is 15.7 Å². The largest absolute Gasteiger partial charge is 0.471 e. The van der Waals surface area contributed by atoms with E-state index in [1.54, 1.807) is 0 Å². The van der Waals surface area contributed by atoms with Crippen LogP contribution in [0.1, 0.15) is 28.2 Å². The molecule has 0 radical (unpaired) electrons. The van der Waals surface area contributed by atoms with Crippen molar-refractivity contribution in [2.45, 2.75) is 28.9 Å². The van der Waals surface area contributed by atoms with Crippen LogP contribution in [0.15, 0.2) is 57.9 Å². The lowest BCUT2D eigenvalue weighted by atomic mass is 10.1. The molecule has 1 fully saturated rings. The SMILES string of the molecule is O=C(c1ccc(C(F)(F)F)cc1)N1CCC(S(=O)(=O)c2ccc(-c3noc(C(F)(F)F)n3)cc2)C1. The van der Waals surface area contributed by atoms with Gasteiger partial charge in [-0.2, -0.15) is 31.3 Å². The van der Waals surface area contributed by atoms with Gasteiger partial charge in [-0.3, -0.25) is 4.79 Å². The number of hydrogen-bond acceptors (Lipinski definition) is 6. The van der Waals surface area contributed by atoms with E-state index in [9.17, 15) is 39.6 Å². The Balaban J connectivity index is 1.46. The van der Waals surface area contributed by atoms with Crippen molar-refractivity contribution in [1.29, 1.82) is 0 Å². The number of benzene rings is 2. The number of rotatable bonds is 4. The van der Waals surface area contributed by atoms with Gasteiger partial charge in [-0.25, -0.2) is 8.42 Å². The summed E-state index contributed by atoms with van der Waals surface area (Å²) < 4.78 is 106. The number of amides is 1. The van der Waals surface area contributed by atoms with Crippen LogP contribution >= 0.6 is 0 Å². The Morgan fingerprint density at radius 2 is 1.57 bits per heavy atom. The van der Waals surface area contributed by atoms with Crippen LogP contribution in [0.5, 0.6) is 0 Å². The van der Waals surface area contributed by atoms with Gasteiger partial charge in [0.25, 0.3) is 5.91 Å². The number of hydrogen-bond donors (Lipinski definition) is 0. The van der Waals surface area contributed by atoms with Gasteiger partial charge in [0, 0.05) is 24.2 Å². The van der Waals surface area contributed by atoms with E-state index in [1.807, 2.05) is 0 Å². The Morgan fingerprint density at radius 1 is 0.943 bits per heavy atom. The van der Waals surface area contributed by atoms with E-state index >= 15 is 0 Å². The molecule has 3 aromatic rings. The van der Waals surface area contributed by atoms with E-state index in [2.05, 4.69) is 14.7 Å². The summed E-state index contributed by atoms with van der Waals surface area (Å²) in [4.78, 5) is 17.0. The van der Waals surface area contributed by atoms with Gasteiger partial charge in [-0.15, -0.1) is 0 Å². The maximum absolute atomic E-state index is 13.0. The molecule has 2 aromatic carbocycles. The smallest absolute Gasteiger partial charge is 0.337 e. The van der Waals surface area contributed by atoms with E-state index in [0.717, 1.165) is 24.3 Å². The topological polar surface area (TPSA) is 93.4 Å². The summed E-state index contributed by atoms with van der Waals surface area (Å²) in [6.45, 7) is -0.0748. The number of carbonyl (C=O) groups is 1. The summed E-state index contributed by atoms with van der Waals surface area (Å²) in [5, 5.41) is 2.27. The average molecular weight is 519 g/mol. The summed E-state index contributed by atoms with van der Waals surface area (Å²) in [5.41, 5.74) is -0.803. The Kier molecular flexibility index (Phi) is 6.11. The minimum atomic E-state index is -4.82. The average Bonchev–Trinajstić information content (AvgIpc) is 3.49. The van der Waals surface area contributed by atoms with Crippen molar-refractivity contribution < 1.29 is 44.1 Å². The molecule has 35 heavy (non-hydrogen) atoms. The fraction of sp³-hybridized carbons (Fsp3) is 0.286. The zero-order valence-electron chi connectivity index (χ0n) is 17.5. The molecule has 1 amide bonds. The second kappa shape index (κ2) is 8.66. The molecule has 1 aliphatic rings. The van der Waals surface area contributed by atoms with Crippen molar-refractivity contribution in [1.82, 2.24) is 15.0 Å². The first kappa shape index (κ1) is 24.7. The number of halogens is 6. The van der Waals surface area contributed by atoms with Gasteiger partial charge in [-0.1, -0.05) is 5.16 Å². The molecule has 2 heterocycles. The highest BCUT2D eigenvalue weighted by Crippen LogP contribution is 2.32. The first-order chi connectivity index (χ1) is 16.3. The van der Waals surface area contributed by atoms with E-state index in [0.29, 0.717) is 0 Å². The maximum Gasteiger partial charge on any atom is 0.471 e. The van der Waals surface area contributed by atoms with Gasteiger partial charge >= 0.3 is 18.2 Å². The van der Waals surface area contributed by atoms with Crippen LogP contribution < -0.4 is 0 Å². The van der Waals surface area contributed by atoms with Gasteiger partial charge in [0.15, 0.2) is 9.84 Å². The highest BCUT2D eigenvalue weighted by molar-refractivity contribution is 7.92. The number of alkyl halides is 6. The predicted molar refractivity (Wildman–Crippen MR) is 108 cm³/mol. The number of nitrogens with zero attached hydrogens (tertiary/aromatic N) is 3. The number of likely N-dealkylation sites (tertiary alicyclic amines) is 1. The quantitative estimate of drug-likeness (QED) is 0.473. The van der Waals surface area contributed by atoms with Crippen molar-refractivity contribution in [3.05, 3.63) is 65.5 Å². The third kappa shape index (κ3) is 5.01. The zero-order valence-corrected chi connectivity index (χ0v) is 18.3. The van der Waals surface area contributed by atoms with E-state index in [4.69, 9.17) is 0 Å². The van der Waals surface area contributed by atoms with Gasteiger partial charge in [0.1, 0.15) is 0 Å². The first-order valence-corrected chi connectivity index (χ1v) is 11.5. The molecule has 0 saturated carbocycles. The molecule has 1 unspecified atom stereocenters. The Bertz CT molecular complexity index is 1330. The van der Waals surface area contributed by atoms with Crippen LogP contribution in [0.3, 0.4) is 0 Å². The zero-order chi connectivity index (χ0) is 25.6. The molecular formula is C21H15F6N3O4S. The van der Waals surface area contributed by atoms with Crippen molar-refractivity contribution >= 4 is 15.7 Å². The Labute approximate surface area is 194 Å². The molecule has 0 aliphatic carbocycles. The number of aromatic nitrogens is 2. The third-order valence-electron chi connectivity index (χ3n) is 5.44. The second-order valence-electron chi connectivity index (χ2n) is 7.73. The van der Waals surface area contributed by atoms with E-state index < -0.39 is 44.8 Å². The fourth-order valence-electron chi connectivity index (χ4n) is 3.59. The molecule has 7 nitrogen and oxygen atoms in total. The van der Waals surface area contributed by atoms with Crippen LogP contribution in [-0.2, 0) is 22.2 Å². The third-order valence-corrected chi connectivity index (χ3v) is 7.63. The standard InChI is InChI=1S/C21H15F6N3O4S/c22-20(23,24)14-5-1-13(2-6-14)18(31)30-10-9-16(11-30)35(32,33)15-7-3-12(4-8-15)17-28-19(34-29-17)21(25,26)27/h1-8,16H,9-11H2. The summed E-state index contributed by atoms with van der Waals surface area (Å²) >= 11 is 0. The molecular weight excluding hydrogens is 504 g/mol. The molecule has 4 rings (SSSR count). The number of carbonyl (C=O) groups excluding carboxylic acids is 1. The van der Waals surface area contributed by atoms with Crippen molar-refractivity contribution in [3.8, 4) is 11.4 Å². The van der Waals surface area contributed by atoms with Crippen molar-refractivity contribution in [2.24, 2.45) is 0 Å². The Morgan fingerprint density at radius 3 is 2.11 bits per heavy atom. The molecule has 0 bridgehead atoms. The van der Waals surface area contributed by atoms with Crippen LogP contribution in [0.4, 0.5) is 26.3 Å². The lowest BCUT2D eigenvalue weighted by Crippen LogP contribution is -2.32. The highest BCUT2D eigenvalue weighted by Gasteiger charge is 2.39. The van der Waals surface area contributed by atoms with Gasteiger partial charge in [-0.05, 0) is 55.0 Å². The van der Waals surface area contributed by atoms with Crippen LogP contribution in [-0.4, -0.2) is 47.7 Å². The van der Waals surface area contributed by atoms with Crippen LogP contribution in [0.2, 0.25) is 0 Å². The van der Waals surface area contributed by atoms with Crippen molar-refractivity contribution in [2.75, 3.05) is 13.1 Å². The minimum Gasteiger partial charge on any atom is -0.337 e. The van der Waals surface area contributed by atoms with Gasteiger partial charge in [0.2, 0.25) is 5.82 Å². The highest BCUT2D eigenvalue weighted by atomic mass is 32.2. The summed E-state index contributed by atoms with van der Waals surface area (Å²) in [6, 6.07) is 8.47. The number of sulfone groups is 1. The molecule has 0 spiro atoms. The minimum absolute atomic E-state index is 0.00117. The van der Waals surface area contributed by atoms with Gasteiger partial charge < -0.3 is 9.42 Å². The predicted octanol–water partition coefficient (Wildman–Crippen LogP) is 4.46. The van der Waals surface area contributed by atoms with Crippen LogP contribution in [0.25, 0.3) is 11.4 Å². The molecule has 14 heteroatoms. The molecule has 1 atom stereocenters. The van der Waals surface area contributed by atoms with E-state index in [1.165, 1.54) is 29.2 Å². The van der Waals surface area contributed by atoms with E-state index in [-0.39, 0.29) is 41.4 Å².